The van der Waals surface area contributed by atoms with Crippen LogP contribution < -0.4 is 21.9 Å². The molecule has 0 aromatic heterocycles. The number of rotatable bonds is 1. The van der Waals surface area contributed by atoms with E-state index in [0.29, 0.717) is 0 Å². The van der Waals surface area contributed by atoms with E-state index in [1.54, 1.807) is 6.07 Å². The summed E-state index contributed by atoms with van der Waals surface area (Å²) >= 11 is 0. The molecule has 1 aromatic carbocycles. The van der Waals surface area contributed by atoms with E-state index in [4.69, 9.17) is 0 Å². The molecule has 0 aliphatic carbocycles. The van der Waals surface area contributed by atoms with Crippen molar-refractivity contribution in [3.8, 4) is 0 Å². The molecule has 0 N–H and O–H groups in total. The number of piperazine rings is 1. The summed E-state index contributed by atoms with van der Waals surface area (Å²) in [4.78, 5) is 2.17. The normalized spacial score (nSPS) is 21.5. The Morgan fingerprint density at radius 1 is 0.895 bits per heavy atom. The van der Waals surface area contributed by atoms with Gasteiger partial charge in [-0.15, -0.1) is 0 Å². The standard InChI is InChI=1S/C14H19F2N2.BrH/c15-13-4-3-12(11-14(13)16)17-5-9-18(10-6-17)7-1-2-8-18;/h3-4,11H,1-2,5-10H2;1H/q+1;/p-1. The molecule has 106 valence electrons. The van der Waals surface area contributed by atoms with Crippen molar-refractivity contribution in [1.29, 1.82) is 0 Å². The van der Waals surface area contributed by atoms with Crippen LogP contribution in [0.25, 0.3) is 0 Å². The highest BCUT2D eigenvalue weighted by Crippen LogP contribution is 2.25. The molecule has 1 spiro atoms. The lowest BCUT2D eigenvalue weighted by atomic mass is 10.2. The molecule has 0 radical (unpaired) electrons. The summed E-state index contributed by atoms with van der Waals surface area (Å²) in [6, 6.07) is 4.21. The van der Waals surface area contributed by atoms with Gasteiger partial charge in [0.25, 0.3) is 0 Å². The Morgan fingerprint density at radius 2 is 1.53 bits per heavy atom. The topological polar surface area (TPSA) is 3.24 Å². The van der Waals surface area contributed by atoms with Crippen molar-refractivity contribution in [1.82, 2.24) is 0 Å². The molecule has 2 fully saturated rings. The molecular formula is C14H19BrF2N2. The summed E-state index contributed by atoms with van der Waals surface area (Å²) in [6.07, 6.45) is 2.68. The Kier molecular flexibility index (Phi) is 4.46. The molecule has 2 heterocycles. The van der Waals surface area contributed by atoms with Crippen LogP contribution in [0.2, 0.25) is 0 Å². The monoisotopic (exact) mass is 332 g/mol. The molecule has 2 saturated heterocycles. The molecule has 3 rings (SSSR count). The van der Waals surface area contributed by atoms with Gasteiger partial charge in [0.05, 0.1) is 39.3 Å². The number of quaternary nitrogens is 1. The lowest BCUT2D eigenvalue weighted by Gasteiger charge is -2.42. The minimum Gasteiger partial charge on any atom is -1.00 e. The predicted molar refractivity (Wildman–Crippen MR) is 67.5 cm³/mol. The van der Waals surface area contributed by atoms with Crippen LogP contribution in [0.5, 0.6) is 0 Å². The maximum atomic E-state index is 13.2. The summed E-state index contributed by atoms with van der Waals surface area (Å²) in [5, 5.41) is 0. The van der Waals surface area contributed by atoms with Crippen molar-refractivity contribution in [3.05, 3.63) is 29.8 Å². The van der Waals surface area contributed by atoms with Crippen molar-refractivity contribution >= 4 is 5.69 Å². The lowest BCUT2D eigenvalue weighted by molar-refractivity contribution is -0.917. The average Bonchev–Trinajstić information content (AvgIpc) is 2.82. The highest BCUT2D eigenvalue weighted by atomic mass is 79.9. The third kappa shape index (κ3) is 2.92. The first kappa shape index (κ1) is 14.7. The minimum absolute atomic E-state index is 0. The summed E-state index contributed by atoms with van der Waals surface area (Å²) in [5.74, 6) is -1.51. The quantitative estimate of drug-likeness (QED) is 0.621. The van der Waals surface area contributed by atoms with Crippen molar-refractivity contribution in [2.75, 3.05) is 44.2 Å². The second kappa shape index (κ2) is 5.75. The largest absolute Gasteiger partial charge is 1.00 e. The summed E-state index contributed by atoms with van der Waals surface area (Å²) < 4.78 is 27.4. The molecule has 0 unspecified atom stereocenters. The first-order chi connectivity index (χ1) is 8.69. The molecule has 2 nitrogen and oxygen atoms in total. The third-order valence-corrected chi connectivity index (χ3v) is 4.47. The van der Waals surface area contributed by atoms with E-state index in [1.165, 1.54) is 42.5 Å². The SMILES string of the molecule is Fc1ccc(N2CC[N+]3(CCCC3)CC2)cc1F.[Br-]. The number of hydrogen-bond donors (Lipinski definition) is 0. The summed E-state index contributed by atoms with van der Waals surface area (Å²) in [6.45, 7) is 6.77. The smallest absolute Gasteiger partial charge is 0.160 e. The number of halogens is 3. The Labute approximate surface area is 123 Å². The molecule has 1 aromatic rings. The zero-order chi connectivity index (χ0) is 12.6. The van der Waals surface area contributed by atoms with Crippen molar-refractivity contribution in [2.45, 2.75) is 12.8 Å². The molecule has 0 saturated carbocycles. The van der Waals surface area contributed by atoms with Crippen LogP contribution in [-0.4, -0.2) is 43.8 Å². The van der Waals surface area contributed by atoms with Crippen LogP contribution in [0, 0.1) is 11.6 Å². The van der Waals surface area contributed by atoms with Gasteiger partial charge >= 0.3 is 0 Å². The number of benzene rings is 1. The van der Waals surface area contributed by atoms with Gasteiger partial charge in [0.15, 0.2) is 11.6 Å². The first-order valence-electron chi connectivity index (χ1n) is 6.74. The minimum atomic E-state index is -0.765. The third-order valence-electron chi connectivity index (χ3n) is 4.47. The second-order valence-electron chi connectivity index (χ2n) is 5.53. The molecule has 2 aliphatic rings. The van der Waals surface area contributed by atoms with Gasteiger partial charge in [-0.1, -0.05) is 0 Å². The van der Waals surface area contributed by atoms with E-state index < -0.39 is 11.6 Å². The zero-order valence-electron chi connectivity index (χ0n) is 10.9. The highest BCUT2D eigenvalue weighted by Gasteiger charge is 2.35. The molecule has 5 heteroatoms. The predicted octanol–water partition coefficient (Wildman–Crippen LogP) is -0.601. The van der Waals surface area contributed by atoms with Crippen LogP contribution in [0.4, 0.5) is 14.5 Å². The van der Waals surface area contributed by atoms with E-state index in [0.717, 1.165) is 31.9 Å². The van der Waals surface area contributed by atoms with Crippen LogP contribution in [0.3, 0.4) is 0 Å². The van der Waals surface area contributed by atoms with Gasteiger partial charge in [-0.05, 0) is 12.1 Å². The van der Waals surface area contributed by atoms with Gasteiger partial charge in [0, 0.05) is 24.6 Å². The van der Waals surface area contributed by atoms with Gasteiger partial charge < -0.3 is 26.4 Å². The van der Waals surface area contributed by atoms with E-state index >= 15 is 0 Å². The Balaban J connectivity index is 0.00000133. The van der Waals surface area contributed by atoms with Gasteiger partial charge in [-0.3, -0.25) is 0 Å². The van der Waals surface area contributed by atoms with Crippen molar-refractivity contribution < 1.29 is 30.2 Å². The van der Waals surface area contributed by atoms with Gasteiger partial charge in [-0.25, -0.2) is 8.78 Å². The Hall–Kier alpha value is -0.680. The second-order valence-corrected chi connectivity index (χ2v) is 5.53. The molecule has 0 amide bonds. The molecule has 19 heavy (non-hydrogen) atoms. The van der Waals surface area contributed by atoms with E-state index in [9.17, 15) is 8.78 Å². The molecule has 0 atom stereocenters. The van der Waals surface area contributed by atoms with Crippen molar-refractivity contribution in [3.63, 3.8) is 0 Å². The number of nitrogens with zero attached hydrogens (tertiary/aromatic N) is 2. The van der Waals surface area contributed by atoms with Crippen LogP contribution in [0.1, 0.15) is 12.8 Å². The maximum absolute atomic E-state index is 13.2. The van der Waals surface area contributed by atoms with Crippen LogP contribution in [-0.2, 0) is 0 Å². The fourth-order valence-electron chi connectivity index (χ4n) is 3.28. The van der Waals surface area contributed by atoms with Crippen LogP contribution >= 0.6 is 0 Å². The van der Waals surface area contributed by atoms with Gasteiger partial charge in [-0.2, -0.15) is 0 Å². The fraction of sp³-hybridized carbons (Fsp3) is 0.571. The molecular weight excluding hydrogens is 314 g/mol. The molecule has 0 bridgehead atoms. The zero-order valence-corrected chi connectivity index (χ0v) is 12.5. The summed E-state index contributed by atoms with van der Waals surface area (Å²) in [5.41, 5.74) is 0.811. The average molecular weight is 333 g/mol. The Morgan fingerprint density at radius 3 is 2.11 bits per heavy atom. The van der Waals surface area contributed by atoms with E-state index in [2.05, 4.69) is 4.90 Å². The first-order valence-corrected chi connectivity index (χ1v) is 6.74. The number of hydrogen-bond acceptors (Lipinski definition) is 1. The number of anilines is 1. The van der Waals surface area contributed by atoms with Crippen LogP contribution in [0.15, 0.2) is 18.2 Å². The fourth-order valence-corrected chi connectivity index (χ4v) is 3.28. The molecule has 2 aliphatic heterocycles. The van der Waals surface area contributed by atoms with E-state index in [1.807, 2.05) is 0 Å². The highest BCUT2D eigenvalue weighted by molar-refractivity contribution is 5.47. The van der Waals surface area contributed by atoms with Gasteiger partial charge in [0.2, 0.25) is 0 Å². The lowest BCUT2D eigenvalue weighted by Crippen LogP contribution is -3.00. The van der Waals surface area contributed by atoms with E-state index in [-0.39, 0.29) is 17.0 Å². The van der Waals surface area contributed by atoms with Crippen molar-refractivity contribution in [2.24, 2.45) is 0 Å². The summed E-state index contributed by atoms with van der Waals surface area (Å²) in [7, 11) is 0. The maximum Gasteiger partial charge on any atom is 0.160 e. The van der Waals surface area contributed by atoms with Gasteiger partial charge in [0.1, 0.15) is 0 Å². The Bertz CT molecular complexity index is 437.